The van der Waals surface area contributed by atoms with E-state index in [0.29, 0.717) is 56.8 Å². The highest BCUT2D eigenvalue weighted by molar-refractivity contribution is 6.38. The summed E-state index contributed by atoms with van der Waals surface area (Å²) in [7, 11) is 0. The molecule has 14 nitrogen and oxygen atoms in total. The second-order valence-corrected chi connectivity index (χ2v) is 16.4. The predicted octanol–water partition coefficient (Wildman–Crippen LogP) is 12.6. The number of nitrogens with one attached hydrogen (secondary N) is 4. The van der Waals surface area contributed by atoms with Crippen LogP contribution in [0.25, 0.3) is 0 Å². The molecule has 5 aromatic rings. The molecule has 64 heavy (non-hydrogen) atoms. The van der Waals surface area contributed by atoms with Crippen molar-refractivity contribution in [1.29, 1.82) is 0 Å². The number of carbonyl (C=O) groups is 6. The topological polar surface area (TPSA) is 200 Å². The maximum Gasteiger partial charge on any atom is 0.258 e. The molecule has 0 heterocycles. The third kappa shape index (κ3) is 13.2. The van der Waals surface area contributed by atoms with E-state index in [1.165, 1.54) is 74.5 Å². The lowest BCUT2D eigenvalue weighted by Crippen LogP contribution is -2.33. The lowest BCUT2D eigenvalue weighted by molar-refractivity contribution is -0.127. The molecular formula is C44H36Cl6N8O6. The number of carbonyl (C=O) groups excluding carboxylic acids is 6. The van der Waals surface area contributed by atoms with Crippen LogP contribution in [0.4, 0.5) is 34.1 Å². The summed E-state index contributed by atoms with van der Waals surface area (Å²) < 4.78 is 0. The van der Waals surface area contributed by atoms with Crippen LogP contribution in [0.1, 0.15) is 59.5 Å². The van der Waals surface area contributed by atoms with Gasteiger partial charge in [0.25, 0.3) is 23.6 Å². The van der Waals surface area contributed by atoms with Gasteiger partial charge < -0.3 is 21.3 Å². The highest BCUT2D eigenvalue weighted by atomic mass is 35.5. The predicted molar refractivity (Wildman–Crippen MR) is 252 cm³/mol. The van der Waals surface area contributed by atoms with Gasteiger partial charge >= 0.3 is 0 Å². The monoisotopic (exact) mass is 982 g/mol. The van der Waals surface area contributed by atoms with Crippen LogP contribution in [0.2, 0.25) is 30.1 Å². The van der Waals surface area contributed by atoms with Gasteiger partial charge in [-0.25, -0.2) is 0 Å². The largest absolute Gasteiger partial charge is 0.324 e. The van der Waals surface area contributed by atoms with E-state index >= 15 is 0 Å². The van der Waals surface area contributed by atoms with Crippen molar-refractivity contribution >= 4 is 139 Å². The van der Waals surface area contributed by atoms with Gasteiger partial charge in [0, 0.05) is 42.6 Å². The fraction of sp³-hybridized carbons (Fsp3) is 0.182. The molecule has 20 heteroatoms. The van der Waals surface area contributed by atoms with Gasteiger partial charge in [-0.3, -0.25) is 28.8 Å². The van der Waals surface area contributed by atoms with Crippen LogP contribution < -0.4 is 21.3 Å². The van der Waals surface area contributed by atoms with E-state index < -0.39 is 47.3 Å². The number of rotatable bonds is 16. The minimum absolute atomic E-state index is 0.0876. The summed E-state index contributed by atoms with van der Waals surface area (Å²) in [6.45, 7) is 6.00. The summed E-state index contributed by atoms with van der Waals surface area (Å²) in [5.41, 5.74) is 2.83. The Morgan fingerprint density at radius 2 is 0.906 bits per heavy atom. The van der Waals surface area contributed by atoms with Crippen LogP contribution in [0.15, 0.2) is 105 Å². The van der Waals surface area contributed by atoms with Crippen molar-refractivity contribution in [3.63, 3.8) is 0 Å². The molecule has 0 aliphatic rings. The first-order chi connectivity index (χ1) is 30.3. The molecule has 4 amide bonds. The summed E-state index contributed by atoms with van der Waals surface area (Å²) >= 11 is 36.9. The highest BCUT2D eigenvalue weighted by Gasteiger charge is 2.27. The Morgan fingerprint density at radius 3 is 1.28 bits per heavy atom. The number of aryl methyl sites for hydroxylation is 2. The molecule has 0 aliphatic carbocycles. The molecule has 330 valence electrons. The molecule has 4 N–H and O–H groups in total. The number of hydrogen-bond donors (Lipinski definition) is 4. The van der Waals surface area contributed by atoms with Gasteiger partial charge in [0.15, 0.2) is 11.6 Å². The number of halogens is 6. The van der Waals surface area contributed by atoms with E-state index in [-0.39, 0.29) is 42.6 Å². The number of ketones is 2. The Bertz CT molecular complexity index is 2720. The van der Waals surface area contributed by atoms with Crippen molar-refractivity contribution < 1.29 is 28.8 Å². The van der Waals surface area contributed by atoms with E-state index in [1.807, 2.05) is 13.8 Å². The first-order valence-electron chi connectivity index (χ1n) is 19.1. The third-order valence-electron chi connectivity index (χ3n) is 9.07. The summed E-state index contributed by atoms with van der Waals surface area (Å²) in [5.74, 6) is -3.98. The van der Waals surface area contributed by atoms with Crippen molar-refractivity contribution in [1.82, 2.24) is 0 Å². The zero-order valence-corrected chi connectivity index (χ0v) is 38.7. The molecule has 0 aromatic heterocycles. The number of hydrogen-bond acceptors (Lipinski definition) is 10. The van der Waals surface area contributed by atoms with Gasteiger partial charge in [-0.05, 0) is 123 Å². The van der Waals surface area contributed by atoms with Gasteiger partial charge in [-0.1, -0.05) is 83.5 Å². The Hall–Kier alpha value is -5.74. The van der Waals surface area contributed by atoms with Gasteiger partial charge in [-0.2, -0.15) is 20.5 Å². The minimum Gasteiger partial charge on any atom is -0.324 e. The number of Topliss-reactive ketones (excluding diaryl/α,β-unsaturated/α-hetero) is 2. The quantitative estimate of drug-likeness (QED) is 0.0560. The molecular weight excluding hydrogens is 949 g/mol. The summed E-state index contributed by atoms with van der Waals surface area (Å²) in [4.78, 5) is 78.7. The van der Waals surface area contributed by atoms with Crippen LogP contribution in [0.3, 0.4) is 0 Å². The number of benzene rings is 5. The van der Waals surface area contributed by atoms with E-state index in [9.17, 15) is 28.8 Å². The molecule has 2 unspecified atom stereocenters. The third-order valence-corrected chi connectivity index (χ3v) is 10.6. The van der Waals surface area contributed by atoms with Crippen molar-refractivity contribution in [2.75, 3.05) is 21.3 Å². The van der Waals surface area contributed by atoms with E-state index in [0.717, 1.165) is 0 Å². The zero-order valence-electron chi connectivity index (χ0n) is 34.2. The fourth-order valence-corrected chi connectivity index (χ4v) is 7.31. The fourth-order valence-electron chi connectivity index (χ4n) is 5.94. The van der Waals surface area contributed by atoms with Crippen molar-refractivity contribution in [2.45, 2.75) is 52.6 Å². The molecule has 5 aromatic carbocycles. The number of nitrogens with zero attached hydrogens (tertiary/aromatic N) is 4. The first kappa shape index (κ1) is 49.3. The lowest BCUT2D eigenvalue weighted by atomic mass is 10.0. The summed E-state index contributed by atoms with van der Waals surface area (Å²) in [6.07, 6.45) is 0.746. The van der Waals surface area contributed by atoms with Gasteiger partial charge in [0.1, 0.15) is 0 Å². The van der Waals surface area contributed by atoms with Crippen molar-refractivity contribution in [3.8, 4) is 0 Å². The average molecular weight is 986 g/mol. The molecule has 0 bridgehead atoms. The summed E-state index contributed by atoms with van der Waals surface area (Å²) in [5, 5.41) is 28.4. The van der Waals surface area contributed by atoms with Crippen LogP contribution in [0.5, 0.6) is 0 Å². The molecule has 0 spiro atoms. The van der Waals surface area contributed by atoms with Gasteiger partial charge in [0.2, 0.25) is 12.1 Å². The normalized spacial score (nSPS) is 12.2. The Balaban J connectivity index is 1.31. The van der Waals surface area contributed by atoms with Crippen LogP contribution >= 0.6 is 69.6 Å². The van der Waals surface area contributed by atoms with E-state index in [1.54, 1.807) is 24.3 Å². The zero-order chi connectivity index (χ0) is 46.8. The smallest absolute Gasteiger partial charge is 0.258 e. The minimum atomic E-state index is -1.59. The number of anilines is 4. The second kappa shape index (κ2) is 22.2. The van der Waals surface area contributed by atoms with Gasteiger partial charge in [0.05, 0.1) is 32.8 Å². The second-order valence-electron chi connectivity index (χ2n) is 13.9. The SMILES string of the molecule is CCc1cc(NC(=O)C(N=Nc2cc(Cl)cc(C(=O)Nc3ccc(Cl)cc3Cl)c2)C(C)=O)cc(CC)c1NC(=O)C(N=Nc1cc(Cl)cc(C(=O)Nc2ccc(Cl)cc2Cl)c1)C(C)=O. The molecule has 2 atom stereocenters. The Kier molecular flexibility index (Phi) is 17.1. The first-order valence-corrected chi connectivity index (χ1v) is 21.4. The maximum absolute atomic E-state index is 13.6. The van der Waals surface area contributed by atoms with Gasteiger partial charge in [-0.15, -0.1) is 0 Å². The van der Waals surface area contributed by atoms with Crippen LogP contribution in [-0.2, 0) is 32.0 Å². The average Bonchev–Trinajstić information content (AvgIpc) is 3.22. The lowest BCUT2D eigenvalue weighted by Gasteiger charge is -2.19. The van der Waals surface area contributed by atoms with Crippen molar-refractivity contribution in [2.24, 2.45) is 20.5 Å². The molecule has 0 saturated carbocycles. The summed E-state index contributed by atoms with van der Waals surface area (Å²) in [6, 6.07) is 17.5. The van der Waals surface area contributed by atoms with E-state index in [4.69, 9.17) is 69.6 Å². The number of azo groups is 2. The van der Waals surface area contributed by atoms with Crippen molar-refractivity contribution in [3.05, 3.63) is 137 Å². The molecule has 0 radical (unpaired) electrons. The molecule has 0 fully saturated rings. The van der Waals surface area contributed by atoms with Crippen LogP contribution in [0, 0.1) is 0 Å². The number of amides is 4. The Labute approximate surface area is 397 Å². The molecule has 0 aliphatic heterocycles. The highest BCUT2D eigenvalue weighted by Crippen LogP contribution is 2.31. The molecule has 0 saturated heterocycles. The Morgan fingerprint density at radius 1 is 0.500 bits per heavy atom. The van der Waals surface area contributed by atoms with Crippen LogP contribution in [-0.4, -0.2) is 47.3 Å². The van der Waals surface area contributed by atoms with E-state index in [2.05, 4.69) is 41.7 Å². The standard InChI is InChI=1S/C44H36Cl6N8O6/c1-5-23-13-31(51-43(63)38(21(3)59)57-55-32-15-25(11-29(47)17-32)41(61)52-36-9-7-27(45)19-34(36)49)14-24(6-2)40(23)54-44(64)39(22(4)60)58-56-33-16-26(12-30(48)18-33)42(62)53-37-10-8-28(46)20-35(37)50/h7-20,38-39H,5-6H2,1-4H3,(H,51,63)(H,52,61)(H,53,62)(H,54,64). The molecule has 5 rings (SSSR count). The maximum atomic E-state index is 13.6.